The summed E-state index contributed by atoms with van der Waals surface area (Å²) in [6.07, 6.45) is 1.22. The Labute approximate surface area is 114 Å². The maximum Gasteiger partial charge on any atom is 0.0952 e. The first-order valence-corrected chi connectivity index (χ1v) is 6.87. The van der Waals surface area contributed by atoms with Crippen LogP contribution in [0.3, 0.4) is 0 Å². The van der Waals surface area contributed by atoms with E-state index < -0.39 is 0 Å². The summed E-state index contributed by atoms with van der Waals surface area (Å²) in [7, 11) is 0. The van der Waals surface area contributed by atoms with Gasteiger partial charge in [-0.2, -0.15) is 0 Å². The Balaban J connectivity index is 1.59. The predicted molar refractivity (Wildman–Crippen MR) is 77.0 cm³/mol. The molecule has 2 nitrogen and oxygen atoms in total. The van der Waals surface area contributed by atoms with Crippen molar-refractivity contribution in [3.8, 4) is 0 Å². The Morgan fingerprint density at radius 2 is 1.79 bits per heavy atom. The van der Waals surface area contributed by atoms with Gasteiger partial charge in [0.05, 0.1) is 12.7 Å². The average Bonchev–Trinajstić information content (AvgIpc) is 2.49. The Morgan fingerprint density at radius 3 is 2.68 bits per heavy atom. The molecule has 0 amide bonds. The Kier molecular flexibility index (Phi) is 3.92. The first kappa shape index (κ1) is 12.4. The summed E-state index contributed by atoms with van der Waals surface area (Å²) in [4.78, 5) is 0. The molecule has 1 heterocycles. The molecular weight excluding hydrogens is 234 g/mol. The second-order valence-corrected chi connectivity index (χ2v) is 4.92. The number of fused-ring (bicyclic) bond motifs is 1. The van der Waals surface area contributed by atoms with Gasteiger partial charge in [0, 0.05) is 13.1 Å². The summed E-state index contributed by atoms with van der Waals surface area (Å²) in [5, 5.41) is 3.49. The highest BCUT2D eigenvalue weighted by Gasteiger charge is 2.19. The van der Waals surface area contributed by atoms with Gasteiger partial charge in [-0.25, -0.2) is 0 Å². The molecule has 3 rings (SSSR count). The van der Waals surface area contributed by atoms with Crippen molar-refractivity contribution in [1.29, 1.82) is 0 Å². The molecule has 1 aliphatic rings. The van der Waals surface area contributed by atoms with Crippen LogP contribution in [0.1, 0.15) is 22.8 Å². The van der Waals surface area contributed by atoms with E-state index in [1.54, 1.807) is 0 Å². The minimum absolute atomic E-state index is 0.189. The van der Waals surface area contributed by atoms with Crippen molar-refractivity contribution >= 4 is 0 Å². The standard InChI is InChI=1S/C17H19NO/c1-2-6-14(7-3-1)12-18-13-17-16-9-5-4-8-15(16)10-11-19-17/h1-9,17-18H,10-13H2. The zero-order valence-corrected chi connectivity index (χ0v) is 11.0. The van der Waals surface area contributed by atoms with Gasteiger partial charge in [0.25, 0.3) is 0 Å². The molecule has 1 aliphatic heterocycles. The van der Waals surface area contributed by atoms with Gasteiger partial charge in [-0.3, -0.25) is 0 Å². The van der Waals surface area contributed by atoms with Gasteiger partial charge in [0.2, 0.25) is 0 Å². The zero-order chi connectivity index (χ0) is 12.9. The molecular formula is C17H19NO. The number of ether oxygens (including phenoxy) is 1. The zero-order valence-electron chi connectivity index (χ0n) is 11.0. The lowest BCUT2D eigenvalue weighted by atomic mass is 9.97. The van der Waals surface area contributed by atoms with Crippen molar-refractivity contribution in [1.82, 2.24) is 5.32 Å². The molecule has 0 fully saturated rings. The molecule has 1 atom stereocenters. The van der Waals surface area contributed by atoms with Crippen LogP contribution in [0.2, 0.25) is 0 Å². The van der Waals surface area contributed by atoms with Crippen molar-refractivity contribution in [3.05, 3.63) is 71.3 Å². The fourth-order valence-electron chi connectivity index (χ4n) is 2.59. The highest BCUT2D eigenvalue weighted by atomic mass is 16.5. The van der Waals surface area contributed by atoms with E-state index in [9.17, 15) is 0 Å². The third kappa shape index (κ3) is 3.03. The molecule has 0 aromatic heterocycles. The molecule has 19 heavy (non-hydrogen) atoms. The van der Waals surface area contributed by atoms with Crippen molar-refractivity contribution in [2.75, 3.05) is 13.2 Å². The van der Waals surface area contributed by atoms with Gasteiger partial charge >= 0.3 is 0 Å². The molecule has 0 saturated carbocycles. The third-order valence-corrected chi connectivity index (χ3v) is 3.59. The summed E-state index contributed by atoms with van der Waals surface area (Å²) in [6, 6.07) is 19.1. The van der Waals surface area contributed by atoms with E-state index in [0.29, 0.717) is 0 Å². The van der Waals surface area contributed by atoms with Crippen LogP contribution in [0.15, 0.2) is 54.6 Å². The monoisotopic (exact) mass is 253 g/mol. The van der Waals surface area contributed by atoms with Crippen LogP contribution in [0.5, 0.6) is 0 Å². The van der Waals surface area contributed by atoms with Crippen LogP contribution in [0, 0.1) is 0 Å². The van der Waals surface area contributed by atoms with Crippen LogP contribution in [0.25, 0.3) is 0 Å². The predicted octanol–water partition coefficient (Wildman–Crippen LogP) is 3.09. The Bertz CT molecular complexity index is 524. The van der Waals surface area contributed by atoms with Crippen LogP contribution in [-0.2, 0) is 17.7 Å². The number of nitrogens with one attached hydrogen (secondary N) is 1. The van der Waals surface area contributed by atoms with Gasteiger partial charge in [-0.1, -0.05) is 54.6 Å². The third-order valence-electron chi connectivity index (χ3n) is 3.59. The highest BCUT2D eigenvalue weighted by molar-refractivity contribution is 5.31. The maximum absolute atomic E-state index is 5.88. The van der Waals surface area contributed by atoms with E-state index in [0.717, 1.165) is 26.1 Å². The van der Waals surface area contributed by atoms with Gasteiger partial charge in [-0.05, 0) is 23.1 Å². The molecule has 1 unspecified atom stereocenters. The lowest BCUT2D eigenvalue weighted by Gasteiger charge is -2.26. The number of benzene rings is 2. The van der Waals surface area contributed by atoms with Crippen molar-refractivity contribution in [3.63, 3.8) is 0 Å². The van der Waals surface area contributed by atoms with Crippen LogP contribution in [0.4, 0.5) is 0 Å². The van der Waals surface area contributed by atoms with Crippen molar-refractivity contribution in [2.45, 2.75) is 19.1 Å². The first-order chi connectivity index (χ1) is 9.43. The van der Waals surface area contributed by atoms with Gasteiger partial charge in [0.1, 0.15) is 0 Å². The largest absolute Gasteiger partial charge is 0.372 e. The van der Waals surface area contributed by atoms with Gasteiger partial charge in [0.15, 0.2) is 0 Å². The lowest BCUT2D eigenvalue weighted by Crippen LogP contribution is -2.27. The van der Waals surface area contributed by atoms with Crippen LogP contribution < -0.4 is 5.32 Å². The van der Waals surface area contributed by atoms with Gasteiger partial charge in [-0.15, -0.1) is 0 Å². The molecule has 0 saturated heterocycles. The number of hydrogen-bond acceptors (Lipinski definition) is 2. The summed E-state index contributed by atoms with van der Waals surface area (Å²) >= 11 is 0. The van der Waals surface area contributed by atoms with E-state index in [1.165, 1.54) is 16.7 Å². The molecule has 0 radical (unpaired) electrons. The second kappa shape index (κ2) is 6.00. The molecule has 2 aromatic rings. The normalized spacial score (nSPS) is 18.0. The van der Waals surface area contributed by atoms with Gasteiger partial charge < -0.3 is 10.1 Å². The van der Waals surface area contributed by atoms with Crippen molar-refractivity contribution < 1.29 is 4.74 Å². The molecule has 0 bridgehead atoms. The van der Waals surface area contributed by atoms with Crippen molar-refractivity contribution in [2.24, 2.45) is 0 Å². The van der Waals surface area contributed by atoms with E-state index in [1.807, 2.05) is 6.07 Å². The Hall–Kier alpha value is -1.64. The summed E-state index contributed by atoms with van der Waals surface area (Å²) < 4.78 is 5.88. The molecule has 1 N–H and O–H groups in total. The van der Waals surface area contributed by atoms with E-state index >= 15 is 0 Å². The molecule has 2 heteroatoms. The molecule has 0 aliphatic carbocycles. The van der Waals surface area contributed by atoms with Crippen LogP contribution in [-0.4, -0.2) is 13.2 Å². The van der Waals surface area contributed by atoms with E-state index in [2.05, 4.69) is 53.8 Å². The summed E-state index contributed by atoms with van der Waals surface area (Å²) in [6.45, 7) is 2.59. The van der Waals surface area contributed by atoms with E-state index in [4.69, 9.17) is 4.74 Å². The molecule has 2 aromatic carbocycles. The molecule has 98 valence electrons. The minimum atomic E-state index is 0.189. The lowest BCUT2D eigenvalue weighted by molar-refractivity contribution is 0.0423. The number of rotatable bonds is 4. The minimum Gasteiger partial charge on any atom is -0.372 e. The summed E-state index contributed by atoms with van der Waals surface area (Å²) in [5.41, 5.74) is 4.08. The molecule has 0 spiro atoms. The number of hydrogen-bond donors (Lipinski definition) is 1. The second-order valence-electron chi connectivity index (χ2n) is 4.92. The smallest absolute Gasteiger partial charge is 0.0952 e. The fraction of sp³-hybridized carbons (Fsp3) is 0.294. The maximum atomic E-state index is 5.88. The SMILES string of the molecule is c1ccc(CNCC2OCCc3ccccc32)cc1. The van der Waals surface area contributed by atoms with E-state index in [-0.39, 0.29) is 6.10 Å². The first-order valence-electron chi connectivity index (χ1n) is 6.87. The Morgan fingerprint density at radius 1 is 1.00 bits per heavy atom. The fourth-order valence-corrected chi connectivity index (χ4v) is 2.59. The summed E-state index contributed by atoms with van der Waals surface area (Å²) in [5.74, 6) is 0. The highest BCUT2D eigenvalue weighted by Crippen LogP contribution is 2.26. The average molecular weight is 253 g/mol. The van der Waals surface area contributed by atoms with Crippen LogP contribution >= 0.6 is 0 Å². The topological polar surface area (TPSA) is 21.3 Å². The quantitative estimate of drug-likeness (QED) is 0.904.